The van der Waals surface area contributed by atoms with Crippen molar-refractivity contribution in [2.45, 2.75) is 6.42 Å². The lowest BCUT2D eigenvalue weighted by Gasteiger charge is -2.01. The number of thiophene rings is 1. The molecule has 0 unspecified atom stereocenters. The summed E-state index contributed by atoms with van der Waals surface area (Å²) in [6.45, 7) is 0. The van der Waals surface area contributed by atoms with Gasteiger partial charge in [0.25, 0.3) is 0 Å². The van der Waals surface area contributed by atoms with E-state index in [-0.39, 0.29) is 18.0 Å². The van der Waals surface area contributed by atoms with Crippen molar-refractivity contribution in [3.8, 4) is 0 Å². The quantitative estimate of drug-likeness (QED) is 0.742. The van der Waals surface area contributed by atoms with Gasteiger partial charge in [0.15, 0.2) is 5.78 Å². The fourth-order valence-electron chi connectivity index (χ4n) is 1.47. The van der Waals surface area contributed by atoms with Gasteiger partial charge in [0.1, 0.15) is 5.82 Å². The fourth-order valence-corrected chi connectivity index (χ4v) is 3.09. The molecule has 1 heterocycles. The summed E-state index contributed by atoms with van der Waals surface area (Å²) in [4.78, 5) is 12.4. The lowest BCUT2D eigenvalue weighted by atomic mass is 10.1. The third-order valence-corrected chi connectivity index (χ3v) is 4.00. The summed E-state index contributed by atoms with van der Waals surface area (Å²) < 4.78 is 13.8. The third kappa shape index (κ3) is 3.15. The first-order valence-corrected chi connectivity index (χ1v) is 6.82. The molecule has 0 bridgehead atoms. The van der Waals surface area contributed by atoms with E-state index in [1.807, 2.05) is 0 Å². The van der Waals surface area contributed by atoms with Gasteiger partial charge in [0, 0.05) is 10.9 Å². The summed E-state index contributed by atoms with van der Waals surface area (Å²) >= 11 is 10.4. The minimum absolute atomic E-state index is 0.0949. The first-order valence-electron chi connectivity index (χ1n) is 4.77. The Hall–Kier alpha value is -0.710. The second-order valence-corrected chi connectivity index (χ2v) is 5.71. The Labute approximate surface area is 115 Å². The van der Waals surface area contributed by atoms with Crippen molar-refractivity contribution in [2.24, 2.45) is 0 Å². The normalized spacial score (nSPS) is 10.5. The highest BCUT2D eigenvalue weighted by Gasteiger charge is 2.13. The van der Waals surface area contributed by atoms with Crippen LogP contribution >= 0.6 is 38.9 Å². The zero-order chi connectivity index (χ0) is 12.4. The standard InChI is InChI=1S/C12H7BrClFOS/c13-8-3-7(4-9(15)6-8)5-11(16)12-10(14)1-2-17-12/h1-4,6H,5H2. The number of hydrogen-bond donors (Lipinski definition) is 0. The van der Waals surface area contributed by atoms with Gasteiger partial charge in [-0.2, -0.15) is 0 Å². The number of benzene rings is 1. The number of halogens is 3. The topological polar surface area (TPSA) is 17.1 Å². The van der Waals surface area contributed by atoms with E-state index in [0.717, 1.165) is 0 Å². The van der Waals surface area contributed by atoms with Crippen molar-refractivity contribution in [1.82, 2.24) is 0 Å². The molecule has 1 nitrogen and oxygen atoms in total. The van der Waals surface area contributed by atoms with Gasteiger partial charge in [-0.1, -0.05) is 27.5 Å². The summed E-state index contributed by atoms with van der Waals surface area (Å²) in [7, 11) is 0. The average Bonchev–Trinajstić information content (AvgIpc) is 2.62. The summed E-state index contributed by atoms with van der Waals surface area (Å²) in [5.41, 5.74) is 0.631. The van der Waals surface area contributed by atoms with E-state index in [0.29, 0.717) is 19.9 Å². The first-order chi connectivity index (χ1) is 8.06. The Morgan fingerprint density at radius 2 is 2.18 bits per heavy atom. The molecule has 1 aromatic carbocycles. The Kier molecular flexibility index (Phi) is 3.97. The molecule has 2 rings (SSSR count). The summed E-state index contributed by atoms with van der Waals surface area (Å²) in [5.74, 6) is -0.457. The lowest BCUT2D eigenvalue weighted by Crippen LogP contribution is -2.02. The van der Waals surface area contributed by atoms with Gasteiger partial charge in [0.2, 0.25) is 0 Å². The van der Waals surface area contributed by atoms with Crippen LogP contribution in [0.25, 0.3) is 0 Å². The van der Waals surface area contributed by atoms with Crippen LogP contribution in [0.3, 0.4) is 0 Å². The molecule has 0 N–H and O–H groups in total. The molecule has 0 aliphatic rings. The van der Waals surface area contributed by atoms with Crippen molar-refractivity contribution < 1.29 is 9.18 Å². The average molecular weight is 334 g/mol. The smallest absolute Gasteiger partial charge is 0.178 e. The monoisotopic (exact) mass is 332 g/mol. The molecule has 0 aliphatic carbocycles. The van der Waals surface area contributed by atoms with Crippen LogP contribution in [0, 0.1) is 5.82 Å². The Morgan fingerprint density at radius 3 is 2.76 bits per heavy atom. The van der Waals surface area contributed by atoms with E-state index in [4.69, 9.17) is 11.6 Å². The Bertz CT molecular complexity index is 547. The fraction of sp³-hybridized carbons (Fsp3) is 0.0833. The largest absolute Gasteiger partial charge is 0.293 e. The third-order valence-electron chi connectivity index (χ3n) is 2.16. The molecule has 2 aromatic rings. The maximum absolute atomic E-state index is 13.1. The number of Topliss-reactive ketones (excluding diaryl/α,β-unsaturated/α-hetero) is 1. The van der Waals surface area contributed by atoms with Crippen LogP contribution in [0.15, 0.2) is 34.1 Å². The highest BCUT2D eigenvalue weighted by atomic mass is 79.9. The maximum Gasteiger partial charge on any atom is 0.178 e. The van der Waals surface area contributed by atoms with Gasteiger partial charge in [-0.25, -0.2) is 4.39 Å². The van der Waals surface area contributed by atoms with E-state index in [2.05, 4.69) is 15.9 Å². The van der Waals surface area contributed by atoms with E-state index in [1.54, 1.807) is 17.5 Å². The molecule has 0 fully saturated rings. The second kappa shape index (κ2) is 5.29. The van der Waals surface area contributed by atoms with Gasteiger partial charge in [-0.05, 0) is 35.2 Å². The molecule has 1 aromatic heterocycles. The molecule has 88 valence electrons. The van der Waals surface area contributed by atoms with Crippen LogP contribution < -0.4 is 0 Å². The molecule has 17 heavy (non-hydrogen) atoms. The molecule has 0 spiro atoms. The van der Waals surface area contributed by atoms with Crippen LogP contribution in [0.2, 0.25) is 5.02 Å². The van der Waals surface area contributed by atoms with Crippen molar-refractivity contribution >= 4 is 44.7 Å². The van der Waals surface area contributed by atoms with Gasteiger partial charge >= 0.3 is 0 Å². The van der Waals surface area contributed by atoms with E-state index >= 15 is 0 Å². The molecule has 0 atom stereocenters. The molecule has 0 radical (unpaired) electrons. The number of hydrogen-bond acceptors (Lipinski definition) is 2. The predicted octanol–water partition coefficient (Wildman–Crippen LogP) is 4.73. The maximum atomic E-state index is 13.1. The molecule has 0 aliphatic heterocycles. The van der Waals surface area contributed by atoms with E-state index in [1.165, 1.54) is 23.5 Å². The van der Waals surface area contributed by atoms with Gasteiger partial charge in [-0.3, -0.25) is 4.79 Å². The highest BCUT2D eigenvalue weighted by molar-refractivity contribution is 9.10. The molecule has 0 saturated carbocycles. The van der Waals surface area contributed by atoms with Crippen molar-refractivity contribution in [1.29, 1.82) is 0 Å². The van der Waals surface area contributed by atoms with Gasteiger partial charge in [-0.15, -0.1) is 11.3 Å². The predicted molar refractivity (Wildman–Crippen MR) is 71.5 cm³/mol. The molecular formula is C12H7BrClFOS. The van der Waals surface area contributed by atoms with E-state index < -0.39 is 0 Å². The van der Waals surface area contributed by atoms with Gasteiger partial charge < -0.3 is 0 Å². The summed E-state index contributed by atoms with van der Waals surface area (Å²) in [5, 5.41) is 2.22. The summed E-state index contributed by atoms with van der Waals surface area (Å²) in [6.07, 6.45) is 0.149. The molecule has 5 heteroatoms. The minimum atomic E-state index is -0.362. The lowest BCUT2D eigenvalue weighted by molar-refractivity contribution is 0.0997. The number of carbonyl (C=O) groups is 1. The first kappa shape index (κ1) is 12.7. The number of ketones is 1. The second-order valence-electron chi connectivity index (χ2n) is 3.48. The molecule has 0 amide bonds. The molecular weight excluding hydrogens is 327 g/mol. The highest BCUT2D eigenvalue weighted by Crippen LogP contribution is 2.24. The minimum Gasteiger partial charge on any atom is -0.293 e. The van der Waals surface area contributed by atoms with Crippen LogP contribution in [0.5, 0.6) is 0 Å². The van der Waals surface area contributed by atoms with Crippen LogP contribution in [-0.4, -0.2) is 5.78 Å². The van der Waals surface area contributed by atoms with E-state index in [9.17, 15) is 9.18 Å². The Morgan fingerprint density at radius 1 is 1.41 bits per heavy atom. The van der Waals surface area contributed by atoms with Crippen LogP contribution in [-0.2, 0) is 6.42 Å². The van der Waals surface area contributed by atoms with Gasteiger partial charge in [0.05, 0.1) is 9.90 Å². The van der Waals surface area contributed by atoms with Crippen molar-refractivity contribution in [2.75, 3.05) is 0 Å². The van der Waals surface area contributed by atoms with Crippen molar-refractivity contribution in [3.05, 3.63) is 55.4 Å². The molecule has 0 saturated heterocycles. The summed E-state index contributed by atoms with van der Waals surface area (Å²) in [6, 6.07) is 6.11. The number of rotatable bonds is 3. The Balaban J connectivity index is 2.21. The number of carbonyl (C=O) groups excluding carboxylic acids is 1. The zero-order valence-corrected chi connectivity index (χ0v) is 11.7. The van der Waals surface area contributed by atoms with Crippen LogP contribution in [0.4, 0.5) is 4.39 Å². The zero-order valence-electron chi connectivity index (χ0n) is 8.54. The SMILES string of the molecule is O=C(Cc1cc(F)cc(Br)c1)c1sccc1Cl. The van der Waals surface area contributed by atoms with Crippen molar-refractivity contribution in [3.63, 3.8) is 0 Å². The van der Waals surface area contributed by atoms with Crippen LogP contribution in [0.1, 0.15) is 15.2 Å².